The first kappa shape index (κ1) is 15.7. The summed E-state index contributed by atoms with van der Waals surface area (Å²) in [5, 5.41) is 21.2. The number of hydrogen-bond acceptors (Lipinski definition) is 3. The van der Waals surface area contributed by atoms with Gasteiger partial charge in [0.05, 0.1) is 0 Å². The average Bonchev–Trinajstić information content (AvgIpc) is 2.69. The summed E-state index contributed by atoms with van der Waals surface area (Å²) in [5.41, 5.74) is -0.177. The van der Waals surface area contributed by atoms with Crippen molar-refractivity contribution in [3.63, 3.8) is 0 Å². The van der Waals surface area contributed by atoms with Crippen LogP contribution in [0.15, 0.2) is 12.1 Å². The zero-order chi connectivity index (χ0) is 15.4. The second-order valence-corrected chi connectivity index (χ2v) is 5.45. The number of aliphatic hydroxyl groups is 1. The van der Waals surface area contributed by atoms with E-state index in [0.717, 1.165) is 44.2 Å². The van der Waals surface area contributed by atoms with Crippen LogP contribution in [0.4, 0.5) is 8.78 Å². The molecule has 3 N–H and O–H groups in total. The van der Waals surface area contributed by atoms with Crippen LogP contribution in [-0.2, 0) is 0 Å². The molecule has 6 heteroatoms. The first-order valence-electron chi connectivity index (χ1n) is 7.12. The summed E-state index contributed by atoms with van der Waals surface area (Å²) in [4.78, 5) is 12.1. The maximum absolute atomic E-state index is 13.3. The quantitative estimate of drug-likeness (QED) is 0.750. The second kappa shape index (κ2) is 6.85. The maximum atomic E-state index is 13.3. The maximum Gasteiger partial charge on any atom is 0.251 e. The topological polar surface area (TPSA) is 69.6 Å². The molecule has 0 radical (unpaired) electrons. The number of phenols is 1. The van der Waals surface area contributed by atoms with E-state index in [1.807, 2.05) is 0 Å². The number of halogens is 2. The molecule has 0 aromatic heterocycles. The molecule has 0 bridgehead atoms. The summed E-state index contributed by atoms with van der Waals surface area (Å²) in [5.74, 6) is -4.06. The van der Waals surface area contributed by atoms with Crippen LogP contribution in [0.3, 0.4) is 0 Å². The number of aliphatic hydroxyl groups excluding tert-OH is 1. The van der Waals surface area contributed by atoms with E-state index in [2.05, 4.69) is 5.32 Å². The highest BCUT2D eigenvalue weighted by molar-refractivity contribution is 5.94. The van der Waals surface area contributed by atoms with Gasteiger partial charge in [-0.3, -0.25) is 4.79 Å². The number of rotatable bonds is 3. The Morgan fingerprint density at radius 3 is 2.43 bits per heavy atom. The Labute approximate surface area is 121 Å². The second-order valence-electron chi connectivity index (χ2n) is 5.45. The van der Waals surface area contributed by atoms with Crippen molar-refractivity contribution in [3.05, 3.63) is 29.3 Å². The normalized spacial score (nSPS) is 22.6. The minimum Gasteiger partial charge on any atom is -0.503 e. The number of aromatic hydroxyl groups is 1. The number of hydrogen-bond donors (Lipinski definition) is 3. The Kier molecular flexibility index (Phi) is 5.12. The van der Waals surface area contributed by atoms with Gasteiger partial charge in [-0.15, -0.1) is 0 Å². The van der Waals surface area contributed by atoms with Gasteiger partial charge in [-0.25, -0.2) is 8.78 Å². The fourth-order valence-electron chi connectivity index (χ4n) is 2.74. The van der Waals surface area contributed by atoms with Crippen molar-refractivity contribution in [2.24, 2.45) is 5.92 Å². The van der Waals surface area contributed by atoms with Crippen LogP contribution in [-0.4, -0.2) is 28.8 Å². The molecule has 1 aliphatic carbocycles. The van der Waals surface area contributed by atoms with Gasteiger partial charge >= 0.3 is 0 Å². The molecule has 1 saturated carbocycles. The number of nitrogens with one attached hydrogen (secondary N) is 1. The van der Waals surface area contributed by atoms with E-state index in [1.165, 1.54) is 0 Å². The molecule has 21 heavy (non-hydrogen) atoms. The van der Waals surface area contributed by atoms with Gasteiger partial charge in [0.1, 0.15) is 0 Å². The third kappa shape index (κ3) is 3.69. The molecule has 1 aliphatic rings. The van der Waals surface area contributed by atoms with Crippen molar-refractivity contribution in [1.29, 1.82) is 0 Å². The first-order chi connectivity index (χ1) is 10.0. The molecule has 0 unspecified atom stereocenters. The van der Waals surface area contributed by atoms with Gasteiger partial charge in [0.15, 0.2) is 17.4 Å². The summed E-state index contributed by atoms with van der Waals surface area (Å²) in [6.45, 7) is -0.0246. The highest BCUT2D eigenvalue weighted by atomic mass is 19.1. The van der Waals surface area contributed by atoms with E-state index in [4.69, 9.17) is 5.11 Å². The van der Waals surface area contributed by atoms with Gasteiger partial charge in [-0.2, -0.15) is 0 Å². The predicted octanol–water partition coefficient (Wildman–Crippen LogP) is 2.34. The van der Waals surface area contributed by atoms with Gasteiger partial charge in [-0.05, 0) is 25.0 Å². The van der Waals surface area contributed by atoms with Crippen molar-refractivity contribution in [2.45, 2.75) is 38.1 Å². The van der Waals surface area contributed by atoms with Crippen molar-refractivity contribution < 1.29 is 23.8 Å². The lowest BCUT2D eigenvalue weighted by Gasteiger charge is -2.24. The zero-order valence-corrected chi connectivity index (χ0v) is 11.6. The van der Waals surface area contributed by atoms with Crippen LogP contribution in [0.5, 0.6) is 5.75 Å². The lowest BCUT2D eigenvalue weighted by molar-refractivity contribution is 0.0898. The molecule has 2 rings (SSSR count). The van der Waals surface area contributed by atoms with Gasteiger partial charge in [0, 0.05) is 24.1 Å². The standard InChI is InChI=1S/C15H19F2NO3/c16-11-6-10(7-12(17)14(11)20)15(21)18-13-5-3-1-2-4-9(13)8-19/h6-7,9,13,19-20H,1-5,8H2,(H,18,21)/t9-,13+/m1/s1. The van der Waals surface area contributed by atoms with Gasteiger partial charge < -0.3 is 15.5 Å². The molecule has 1 aromatic rings. The van der Waals surface area contributed by atoms with E-state index in [1.54, 1.807) is 0 Å². The van der Waals surface area contributed by atoms with Crippen LogP contribution < -0.4 is 5.32 Å². The molecule has 0 aliphatic heterocycles. The number of carbonyl (C=O) groups excluding carboxylic acids is 1. The molecule has 1 aromatic carbocycles. The Morgan fingerprint density at radius 2 is 1.81 bits per heavy atom. The molecule has 0 saturated heterocycles. The van der Waals surface area contributed by atoms with Crippen molar-refractivity contribution in [2.75, 3.05) is 6.61 Å². The van der Waals surface area contributed by atoms with E-state index in [0.29, 0.717) is 0 Å². The third-order valence-corrected chi connectivity index (χ3v) is 3.99. The number of amides is 1. The van der Waals surface area contributed by atoms with Gasteiger partial charge in [0.2, 0.25) is 0 Å². The SMILES string of the molecule is O=C(N[C@H]1CCCCC[C@@H]1CO)c1cc(F)c(O)c(F)c1. The predicted molar refractivity (Wildman–Crippen MR) is 72.9 cm³/mol. The Bertz CT molecular complexity index is 499. The van der Waals surface area contributed by atoms with Crippen molar-refractivity contribution in [1.82, 2.24) is 5.32 Å². The van der Waals surface area contributed by atoms with Crippen molar-refractivity contribution >= 4 is 5.91 Å². The van der Waals surface area contributed by atoms with Gasteiger partial charge in [-0.1, -0.05) is 19.3 Å². The van der Waals surface area contributed by atoms with Crippen LogP contribution in [0, 0.1) is 17.6 Å². The monoisotopic (exact) mass is 299 g/mol. The smallest absolute Gasteiger partial charge is 0.251 e. The zero-order valence-electron chi connectivity index (χ0n) is 11.6. The third-order valence-electron chi connectivity index (χ3n) is 3.99. The van der Waals surface area contributed by atoms with Gasteiger partial charge in [0.25, 0.3) is 5.91 Å². The molecular formula is C15H19F2NO3. The average molecular weight is 299 g/mol. The van der Waals surface area contributed by atoms with E-state index in [-0.39, 0.29) is 24.1 Å². The number of phenolic OH excluding ortho intramolecular Hbond substituents is 1. The Balaban J connectivity index is 2.12. The summed E-state index contributed by atoms with van der Waals surface area (Å²) < 4.78 is 26.6. The molecule has 0 spiro atoms. The molecule has 4 nitrogen and oxygen atoms in total. The van der Waals surface area contributed by atoms with Crippen LogP contribution in [0.25, 0.3) is 0 Å². The molecule has 1 fully saturated rings. The fraction of sp³-hybridized carbons (Fsp3) is 0.533. The fourth-order valence-corrected chi connectivity index (χ4v) is 2.74. The van der Waals surface area contributed by atoms with E-state index < -0.39 is 23.3 Å². The minimum absolute atomic E-state index is 0.0246. The molecule has 116 valence electrons. The molecule has 1 amide bonds. The first-order valence-corrected chi connectivity index (χ1v) is 7.12. The Morgan fingerprint density at radius 1 is 1.19 bits per heavy atom. The largest absolute Gasteiger partial charge is 0.503 e. The Hall–Kier alpha value is -1.69. The van der Waals surface area contributed by atoms with Crippen LogP contribution >= 0.6 is 0 Å². The lowest BCUT2D eigenvalue weighted by atomic mass is 9.95. The summed E-state index contributed by atoms with van der Waals surface area (Å²) in [6.07, 6.45) is 4.55. The van der Waals surface area contributed by atoms with Crippen molar-refractivity contribution in [3.8, 4) is 5.75 Å². The summed E-state index contributed by atoms with van der Waals surface area (Å²) in [7, 11) is 0. The minimum atomic E-state index is -1.17. The molecule has 2 atom stereocenters. The molecular weight excluding hydrogens is 280 g/mol. The van der Waals surface area contributed by atoms with E-state index >= 15 is 0 Å². The highest BCUT2D eigenvalue weighted by Gasteiger charge is 2.25. The lowest BCUT2D eigenvalue weighted by Crippen LogP contribution is -2.41. The summed E-state index contributed by atoms with van der Waals surface area (Å²) in [6, 6.07) is 1.40. The van der Waals surface area contributed by atoms with Crippen LogP contribution in [0.1, 0.15) is 42.5 Å². The number of benzene rings is 1. The number of carbonyl (C=O) groups is 1. The summed E-state index contributed by atoms with van der Waals surface area (Å²) >= 11 is 0. The van der Waals surface area contributed by atoms with Crippen LogP contribution in [0.2, 0.25) is 0 Å². The highest BCUT2D eigenvalue weighted by Crippen LogP contribution is 2.25. The molecule has 0 heterocycles. The van der Waals surface area contributed by atoms with E-state index in [9.17, 15) is 18.7 Å².